The van der Waals surface area contributed by atoms with E-state index < -0.39 is 11.7 Å². The van der Waals surface area contributed by atoms with Crippen LogP contribution in [-0.2, 0) is 6.18 Å². The summed E-state index contributed by atoms with van der Waals surface area (Å²) in [5, 5.41) is 0.0777. The van der Waals surface area contributed by atoms with Gasteiger partial charge >= 0.3 is 6.18 Å². The predicted molar refractivity (Wildman–Crippen MR) is 67.3 cm³/mol. The molecular weight excluding hydrogens is 255 g/mol. The Morgan fingerprint density at radius 1 is 1.26 bits per heavy atom. The molecule has 102 valence electrons. The van der Waals surface area contributed by atoms with Crippen LogP contribution in [0.4, 0.5) is 13.2 Å². The number of rotatable bonds is 2. The fourth-order valence-electron chi connectivity index (χ4n) is 2.33. The van der Waals surface area contributed by atoms with Crippen molar-refractivity contribution in [2.24, 2.45) is 0 Å². The molecule has 0 N–H and O–H groups in total. The highest BCUT2D eigenvalue weighted by molar-refractivity contribution is 5.99. The van der Waals surface area contributed by atoms with Crippen molar-refractivity contribution in [3.05, 3.63) is 35.5 Å². The number of carbonyl (C=O) groups excluding carboxylic acids is 1. The molecule has 0 aliphatic heterocycles. The SMILES string of the molecule is CC(=O)c1cc2c(C(F)(F)F)cccc2n1C(C)C. The number of nitrogens with zero attached hydrogens (tertiary/aromatic N) is 1. The summed E-state index contributed by atoms with van der Waals surface area (Å²) in [4.78, 5) is 11.6. The van der Waals surface area contributed by atoms with Crippen LogP contribution in [0.25, 0.3) is 10.9 Å². The molecule has 0 aliphatic carbocycles. The summed E-state index contributed by atoms with van der Waals surface area (Å²) in [6.07, 6.45) is -4.42. The Bertz CT molecular complexity index is 638. The topological polar surface area (TPSA) is 22.0 Å². The van der Waals surface area contributed by atoms with E-state index in [0.29, 0.717) is 11.2 Å². The van der Waals surface area contributed by atoms with Gasteiger partial charge in [-0.2, -0.15) is 13.2 Å². The molecule has 1 aromatic carbocycles. The zero-order valence-corrected chi connectivity index (χ0v) is 10.9. The van der Waals surface area contributed by atoms with E-state index in [-0.39, 0.29) is 17.2 Å². The van der Waals surface area contributed by atoms with Crippen LogP contribution in [-0.4, -0.2) is 10.4 Å². The Morgan fingerprint density at radius 2 is 1.89 bits per heavy atom. The quantitative estimate of drug-likeness (QED) is 0.738. The normalized spacial score (nSPS) is 12.4. The van der Waals surface area contributed by atoms with Crippen molar-refractivity contribution < 1.29 is 18.0 Å². The molecule has 19 heavy (non-hydrogen) atoms. The van der Waals surface area contributed by atoms with Gasteiger partial charge in [-0.3, -0.25) is 4.79 Å². The number of Topliss-reactive ketones (excluding diaryl/α,β-unsaturated/α-hetero) is 1. The van der Waals surface area contributed by atoms with E-state index in [4.69, 9.17) is 0 Å². The van der Waals surface area contributed by atoms with Gasteiger partial charge in [0.1, 0.15) is 0 Å². The third kappa shape index (κ3) is 2.25. The number of hydrogen-bond acceptors (Lipinski definition) is 1. The van der Waals surface area contributed by atoms with Crippen LogP contribution in [0.3, 0.4) is 0 Å². The highest BCUT2D eigenvalue weighted by atomic mass is 19.4. The summed E-state index contributed by atoms with van der Waals surface area (Å²) < 4.78 is 40.5. The second-order valence-electron chi connectivity index (χ2n) is 4.79. The molecule has 2 rings (SSSR count). The minimum atomic E-state index is -4.42. The van der Waals surface area contributed by atoms with E-state index in [1.54, 1.807) is 10.6 Å². The van der Waals surface area contributed by atoms with E-state index in [0.717, 1.165) is 6.07 Å². The first-order valence-electron chi connectivity index (χ1n) is 5.95. The summed E-state index contributed by atoms with van der Waals surface area (Å²) >= 11 is 0. The van der Waals surface area contributed by atoms with E-state index in [9.17, 15) is 18.0 Å². The van der Waals surface area contributed by atoms with Crippen LogP contribution >= 0.6 is 0 Å². The largest absolute Gasteiger partial charge is 0.417 e. The monoisotopic (exact) mass is 269 g/mol. The lowest BCUT2D eigenvalue weighted by Gasteiger charge is -2.13. The third-order valence-electron chi connectivity index (χ3n) is 3.07. The molecule has 0 aliphatic rings. The Balaban J connectivity index is 2.87. The average molecular weight is 269 g/mol. The Morgan fingerprint density at radius 3 is 2.37 bits per heavy atom. The molecule has 1 heterocycles. The number of hydrogen-bond donors (Lipinski definition) is 0. The fraction of sp³-hybridized carbons (Fsp3) is 0.357. The van der Waals surface area contributed by atoms with Crippen LogP contribution in [0, 0.1) is 0 Å². The van der Waals surface area contributed by atoms with Gasteiger partial charge in [0.25, 0.3) is 0 Å². The zero-order valence-electron chi connectivity index (χ0n) is 10.9. The molecule has 1 aromatic heterocycles. The van der Waals surface area contributed by atoms with Crippen molar-refractivity contribution in [3.63, 3.8) is 0 Å². The molecule has 0 fully saturated rings. The van der Waals surface area contributed by atoms with Gasteiger partial charge in [0.15, 0.2) is 5.78 Å². The molecule has 2 aromatic rings. The van der Waals surface area contributed by atoms with Crippen molar-refractivity contribution in [2.45, 2.75) is 33.0 Å². The third-order valence-corrected chi connectivity index (χ3v) is 3.07. The predicted octanol–water partition coefficient (Wildman–Crippen LogP) is 4.44. The molecule has 0 atom stereocenters. The number of halogens is 3. The summed E-state index contributed by atoms with van der Waals surface area (Å²) in [6, 6.07) is 5.27. The van der Waals surface area contributed by atoms with Crippen molar-refractivity contribution in [1.82, 2.24) is 4.57 Å². The molecule has 5 heteroatoms. The van der Waals surface area contributed by atoms with E-state index in [1.165, 1.54) is 19.1 Å². The smallest absolute Gasteiger partial charge is 0.336 e. The summed E-state index contributed by atoms with van der Waals surface area (Å²) in [7, 11) is 0. The number of carbonyl (C=O) groups is 1. The molecule has 0 bridgehead atoms. The van der Waals surface area contributed by atoms with Crippen molar-refractivity contribution in [3.8, 4) is 0 Å². The second-order valence-corrected chi connectivity index (χ2v) is 4.79. The van der Waals surface area contributed by atoms with E-state index in [1.807, 2.05) is 13.8 Å². The molecule has 0 radical (unpaired) electrons. The number of alkyl halides is 3. The minimum absolute atomic E-state index is 0.0777. The molecule has 0 saturated carbocycles. The molecule has 0 amide bonds. The molecule has 0 saturated heterocycles. The first-order chi connectivity index (χ1) is 8.73. The van der Waals surface area contributed by atoms with Crippen LogP contribution in [0.2, 0.25) is 0 Å². The van der Waals surface area contributed by atoms with Gasteiger partial charge < -0.3 is 4.57 Å². The van der Waals surface area contributed by atoms with Crippen molar-refractivity contribution in [1.29, 1.82) is 0 Å². The fourth-order valence-corrected chi connectivity index (χ4v) is 2.33. The Labute approximate surface area is 108 Å². The zero-order chi connectivity index (χ0) is 14.4. The highest BCUT2D eigenvalue weighted by Crippen LogP contribution is 2.37. The van der Waals surface area contributed by atoms with Gasteiger partial charge in [-0.25, -0.2) is 0 Å². The lowest BCUT2D eigenvalue weighted by molar-refractivity contribution is -0.136. The summed E-state index contributed by atoms with van der Waals surface area (Å²) in [5.41, 5.74) is 0.0450. The summed E-state index contributed by atoms with van der Waals surface area (Å²) in [6.45, 7) is 5.04. The lowest BCUT2D eigenvalue weighted by atomic mass is 10.1. The van der Waals surface area contributed by atoms with Gasteiger partial charge in [-0.15, -0.1) is 0 Å². The number of fused-ring (bicyclic) bond motifs is 1. The number of ketones is 1. The molecule has 0 spiro atoms. The van der Waals surface area contributed by atoms with Gasteiger partial charge in [-0.1, -0.05) is 6.07 Å². The Hall–Kier alpha value is -1.78. The number of aromatic nitrogens is 1. The van der Waals surface area contributed by atoms with Crippen molar-refractivity contribution >= 4 is 16.7 Å². The number of benzene rings is 1. The molecule has 0 unspecified atom stereocenters. The first-order valence-corrected chi connectivity index (χ1v) is 5.95. The van der Waals surface area contributed by atoms with Crippen molar-refractivity contribution in [2.75, 3.05) is 0 Å². The van der Waals surface area contributed by atoms with Crippen LogP contribution in [0.1, 0.15) is 42.9 Å². The second kappa shape index (κ2) is 4.40. The Kier molecular flexibility index (Phi) is 3.16. The van der Waals surface area contributed by atoms with Crippen LogP contribution in [0.15, 0.2) is 24.3 Å². The van der Waals surface area contributed by atoms with Gasteiger partial charge in [0, 0.05) is 23.9 Å². The van der Waals surface area contributed by atoms with Crippen LogP contribution < -0.4 is 0 Å². The lowest BCUT2D eigenvalue weighted by Crippen LogP contribution is -2.09. The summed E-state index contributed by atoms with van der Waals surface area (Å²) in [5.74, 6) is -0.238. The average Bonchev–Trinajstić information content (AvgIpc) is 2.66. The molecule has 2 nitrogen and oxygen atoms in total. The molecular formula is C14H14F3NO. The van der Waals surface area contributed by atoms with E-state index >= 15 is 0 Å². The maximum Gasteiger partial charge on any atom is 0.417 e. The van der Waals surface area contributed by atoms with Gasteiger partial charge in [0.2, 0.25) is 0 Å². The first kappa shape index (κ1) is 13.6. The minimum Gasteiger partial charge on any atom is -0.336 e. The van der Waals surface area contributed by atoms with Gasteiger partial charge in [-0.05, 0) is 32.0 Å². The van der Waals surface area contributed by atoms with E-state index in [2.05, 4.69) is 0 Å². The van der Waals surface area contributed by atoms with Gasteiger partial charge in [0.05, 0.1) is 11.3 Å². The standard InChI is InChI=1S/C14H14F3NO/c1-8(2)18-12-6-4-5-11(14(15,16)17)10(12)7-13(18)9(3)19/h4-8H,1-3H3. The van der Waals surface area contributed by atoms with Crippen LogP contribution in [0.5, 0.6) is 0 Å². The highest BCUT2D eigenvalue weighted by Gasteiger charge is 2.33. The maximum absolute atomic E-state index is 13.0. The maximum atomic E-state index is 13.0.